The van der Waals surface area contributed by atoms with Crippen LogP contribution in [-0.2, 0) is 0 Å². The van der Waals surface area contributed by atoms with Crippen LogP contribution in [-0.4, -0.2) is 51.2 Å². The Morgan fingerprint density at radius 1 is 1.13 bits per heavy atom. The maximum atomic E-state index is 12.8. The molecule has 5 heteroatoms. The summed E-state index contributed by atoms with van der Waals surface area (Å²) in [6.45, 7) is 5.81. The molecule has 0 aliphatic carbocycles. The van der Waals surface area contributed by atoms with Gasteiger partial charge in [0.05, 0.1) is 14.2 Å². The van der Waals surface area contributed by atoms with Crippen LogP contribution in [0.15, 0.2) is 12.1 Å². The molecule has 2 saturated heterocycles. The van der Waals surface area contributed by atoms with Crippen molar-refractivity contribution < 1.29 is 14.3 Å². The van der Waals surface area contributed by atoms with Gasteiger partial charge in [0.15, 0.2) is 0 Å². The Labute approximate surface area is 137 Å². The van der Waals surface area contributed by atoms with Crippen LogP contribution >= 0.6 is 0 Å². The highest BCUT2D eigenvalue weighted by Crippen LogP contribution is 2.37. The highest BCUT2D eigenvalue weighted by atomic mass is 16.5. The van der Waals surface area contributed by atoms with Crippen molar-refractivity contribution in [1.82, 2.24) is 10.2 Å². The van der Waals surface area contributed by atoms with E-state index in [1.165, 1.54) is 6.42 Å². The van der Waals surface area contributed by atoms with Gasteiger partial charge in [0.1, 0.15) is 11.5 Å². The highest BCUT2D eigenvalue weighted by Gasteiger charge is 2.38. The molecule has 1 amide bonds. The number of likely N-dealkylation sites (tertiary alicyclic amines) is 1. The first kappa shape index (κ1) is 16.1. The number of carbonyl (C=O) groups excluding carboxylic acids is 1. The molecule has 5 nitrogen and oxygen atoms in total. The number of methoxy groups -OCH3 is 2. The fourth-order valence-corrected chi connectivity index (χ4v) is 3.80. The Hall–Kier alpha value is -1.75. The van der Waals surface area contributed by atoms with E-state index < -0.39 is 0 Å². The zero-order valence-corrected chi connectivity index (χ0v) is 14.3. The van der Waals surface area contributed by atoms with Crippen LogP contribution in [0.1, 0.15) is 35.2 Å². The molecule has 1 spiro atoms. The molecular formula is C18H26N2O3. The standard InChI is InChI=1S/C18H26N2O3/c1-13-15(22-2)10-14(11-16(13)23-3)17(21)20-8-5-18(6-9-20)4-7-19-12-18/h10-11,19H,4-9,12H2,1-3H3. The fourth-order valence-electron chi connectivity index (χ4n) is 3.80. The van der Waals surface area contributed by atoms with Crippen molar-refractivity contribution in [2.75, 3.05) is 40.4 Å². The predicted octanol–water partition coefficient (Wildman–Crippen LogP) is 2.23. The third kappa shape index (κ3) is 3.02. The Morgan fingerprint density at radius 3 is 2.22 bits per heavy atom. The van der Waals surface area contributed by atoms with Gasteiger partial charge in [-0.2, -0.15) is 0 Å². The van der Waals surface area contributed by atoms with Crippen LogP contribution in [0, 0.1) is 12.3 Å². The number of ether oxygens (including phenoxy) is 2. The van der Waals surface area contributed by atoms with Crippen LogP contribution in [0.4, 0.5) is 0 Å². The normalized spacial score (nSPS) is 19.9. The van der Waals surface area contributed by atoms with Crippen molar-refractivity contribution in [2.24, 2.45) is 5.41 Å². The third-order valence-corrected chi connectivity index (χ3v) is 5.44. The molecule has 0 atom stereocenters. The van der Waals surface area contributed by atoms with Gasteiger partial charge >= 0.3 is 0 Å². The lowest BCUT2D eigenvalue weighted by molar-refractivity contribution is 0.0607. The summed E-state index contributed by atoms with van der Waals surface area (Å²) in [5.41, 5.74) is 1.98. The van der Waals surface area contributed by atoms with Crippen molar-refractivity contribution in [3.05, 3.63) is 23.3 Å². The number of hydrogen-bond donors (Lipinski definition) is 1. The zero-order chi connectivity index (χ0) is 16.4. The number of carbonyl (C=O) groups is 1. The van der Waals surface area contributed by atoms with E-state index in [2.05, 4.69) is 5.32 Å². The Balaban J connectivity index is 1.76. The highest BCUT2D eigenvalue weighted by molar-refractivity contribution is 5.95. The maximum absolute atomic E-state index is 12.8. The molecule has 0 bridgehead atoms. The van der Waals surface area contributed by atoms with E-state index >= 15 is 0 Å². The molecule has 1 aromatic carbocycles. The molecule has 126 valence electrons. The number of benzene rings is 1. The average molecular weight is 318 g/mol. The number of nitrogens with zero attached hydrogens (tertiary/aromatic N) is 1. The van der Waals surface area contributed by atoms with E-state index in [1.54, 1.807) is 14.2 Å². The molecule has 3 rings (SSSR count). The first-order chi connectivity index (χ1) is 11.1. The summed E-state index contributed by atoms with van der Waals surface area (Å²) in [5.74, 6) is 1.46. The minimum absolute atomic E-state index is 0.0717. The fraction of sp³-hybridized carbons (Fsp3) is 0.611. The van der Waals surface area contributed by atoms with E-state index in [0.717, 1.165) is 44.6 Å². The Kier molecular flexibility index (Phi) is 4.48. The predicted molar refractivity (Wildman–Crippen MR) is 89.3 cm³/mol. The summed E-state index contributed by atoms with van der Waals surface area (Å²) in [6.07, 6.45) is 3.42. The molecule has 2 aliphatic heterocycles. The number of amides is 1. The number of rotatable bonds is 3. The van der Waals surface area contributed by atoms with Gasteiger partial charge in [-0.25, -0.2) is 0 Å². The third-order valence-electron chi connectivity index (χ3n) is 5.44. The topological polar surface area (TPSA) is 50.8 Å². The molecule has 2 heterocycles. The van der Waals surface area contributed by atoms with Crippen molar-refractivity contribution >= 4 is 5.91 Å². The first-order valence-corrected chi connectivity index (χ1v) is 8.31. The number of nitrogens with one attached hydrogen (secondary N) is 1. The summed E-state index contributed by atoms with van der Waals surface area (Å²) in [5, 5.41) is 3.46. The van der Waals surface area contributed by atoms with Gasteiger partial charge in [-0.3, -0.25) is 4.79 Å². The lowest BCUT2D eigenvalue weighted by Gasteiger charge is -2.39. The Bertz CT molecular complexity index is 559. The minimum Gasteiger partial charge on any atom is -0.496 e. The van der Waals surface area contributed by atoms with Crippen molar-refractivity contribution in [3.8, 4) is 11.5 Å². The lowest BCUT2D eigenvalue weighted by atomic mass is 9.78. The zero-order valence-electron chi connectivity index (χ0n) is 14.3. The second kappa shape index (κ2) is 6.40. The van der Waals surface area contributed by atoms with Crippen LogP contribution in [0.5, 0.6) is 11.5 Å². The second-order valence-electron chi connectivity index (χ2n) is 6.72. The monoisotopic (exact) mass is 318 g/mol. The van der Waals surface area contributed by atoms with E-state index in [0.29, 0.717) is 22.5 Å². The largest absolute Gasteiger partial charge is 0.496 e. The van der Waals surface area contributed by atoms with Crippen molar-refractivity contribution in [2.45, 2.75) is 26.2 Å². The summed E-state index contributed by atoms with van der Waals surface area (Å²) >= 11 is 0. The second-order valence-corrected chi connectivity index (χ2v) is 6.72. The van der Waals surface area contributed by atoms with Crippen molar-refractivity contribution in [1.29, 1.82) is 0 Å². The molecule has 0 aromatic heterocycles. The van der Waals surface area contributed by atoms with Crippen LogP contribution in [0.3, 0.4) is 0 Å². The molecule has 23 heavy (non-hydrogen) atoms. The molecule has 0 radical (unpaired) electrons. The van der Waals surface area contributed by atoms with Crippen LogP contribution in [0.2, 0.25) is 0 Å². The molecule has 1 aromatic rings. The maximum Gasteiger partial charge on any atom is 0.254 e. The SMILES string of the molecule is COc1cc(C(=O)N2CCC3(CCNC3)CC2)cc(OC)c1C. The molecule has 2 fully saturated rings. The van der Waals surface area contributed by atoms with Crippen LogP contribution < -0.4 is 14.8 Å². The number of hydrogen-bond acceptors (Lipinski definition) is 4. The average Bonchev–Trinajstić information content (AvgIpc) is 3.03. The van der Waals surface area contributed by atoms with E-state index in [1.807, 2.05) is 24.0 Å². The molecule has 0 saturated carbocycles. The molecular weight excluding hydrogens is 292 g/mol. The van der Waals surface area contributed by atoms with Gasteiger partial charge < -0.3 is 19.7 Å². The van der Waals surface area contributed by atoms with Crippen molar-refractivity contribution in [3.63, 3.8) is 0 Å². The van der Waals surface area contributed by atoms with Gasteiger partial charge in [0, 0.05) is 30.8 Å². The number of piperidine rings is 1. The van der Waals surface area contributed by atoms with Gasteiger partial charge in [0.25, 0.3) is 5.91 Å². The summed E-state index contributed by atoms with van der Waals surface area (Å²) in [4.78, 5) is 14.8. The van der Waals surface area contributed by atoms with Crippen LogP contribution in [0.25, 0.3) is 0 Å². The van der Waals surface area contributed by atoms with Gasteiger partial charge in [-0.1, -0.05) is 0 Å². The van der Waals surface area contributed by atoms with E-state index in [-0.39, 0.29) is 5.91 Å². The summed E-state index contributed by atoms with van der Waals surface area (Å²) in [6, 6.07) is 3.64. The molecule has 0 unspecified atom stereocenters. The van der Waals surface area contributed by atoms with Gasteiger partial charge in [-0.05, 0) is 50.3 Å². The van der Waals surface area contributed by atoms with E-state index in [4.69, 9.17) is 9.47 Å². The first-order valence-electron chi connectivity index (χ1n) is 8.31. The van der Waals surface area contributed by atoms with Gasteiger partial charge in [-0.15, -0.1) is 0 Å². The minimum atomic E-state index is 0.0717. The molecule has 1 N–H and O–H groups in total. The summed E-state index contributed by atoms with van der Waals surface area (Å²) in [7, 11) is 3.24. The smallest absolute Gasteiger partial charge is 0.254 e. The lowest BCUT2D eigenvalue weighted by Crippen LogP contribution is -2.44. The quantitative estimate of drug-likeness (QED) is 0.928. The Morgan fingerprint density at radius 2 is 1.74 bits per heavy atom. The van der Waals surface area contributed by atoms with E-state index in [9.17, 15) is 4.79 Å². The molecule has 2 aliphatic rings. The summed E-state index contributed by atoms with van der Waals surface area (Å²) < 4.78 is 10.8. The van der Waals surface area contributed by atoms with Gasteiger partial charge in [0.2, 0.25) is 0 Å².